The summed E-state index contributed by atoms with van der Waals surface area (Å²) >= 11 is 6.04. The Morgan fingerprint density at radius 2 is 0.978 bits per heavy atom. The number of aromatic nitrogens is 12. The highest BCUT2D eigenvalue weighted by Crippen LogP contribution is 2.34. The summed E-state index contributed by atoms with van der Waals surface area (Å²) in [4.78, 5) is 86.2. The molecule has 0 bridgehead atoms. The minimum Gasteiger partial charge on any atom is -0.381 e. The fraction of sp³-hybridized carbons (Fsp3) is 0.357. The standard InChI is InChI=1S/C19H18ClF3N6O2.C19H18F4N6O2.C18H16F4N6O.7H2/c2*20-11-7-12-13(9-26-15(12)25-8-11)16-24-4-1-14(28-16)29-18(2-5-31-6-3-18)17(30)27-10-19(21,22)23;19-10-6-11-12(8-25-15(11)24-7-10)16-23-4-3-14(27-16)28-5-1-2-13(28)17(29)26-9-18(20,21)22;;;;;;;/h2*1,4,7-9H,2-3,5-6,10H2,(H,25,26)(H,27,30)(H,24,28,29);3-4,6-8,13H,1-2,5,9H2,(H,24,25)(H,26,29);7*1H/t;;13-;;;;;;;/m..1......./s1. The molecule has 35 heteroatoms. The van der Waals surface area contributed by atoms with E-state index in [0.717, 1.165) is 12.4 Å². The van der Waals surface area contributed by atoms with Crippen LogP contribution in [0.3, 0.4) is 0 Å². The summed E-state index contributed by atoms with van der Waals surface area (Å²) < 4.78 is 151. The molecule has 9 aromatic rings. The molecule has 0 aromatic carbocycles. The Labute approximate surface area is 521 Å². The first-order valence-electron chi connectivity index (χ1n) is 27.7. The molecule has 8 N–H and O–H groups in total. The molecule has 3 aliphatic heterocycles. The Morgan fingerprint density at radius 3 is 1.43 bits per heavy atom. The molecule has 12 rings (SSSR count). The zero-order chi connectivity index (χ0) is 64.7. The summed E-state index contributed by atoms with van der Waals surface area (Å²) in [6.07, 6.45) is 1.28. The summed E-state index contributed by atoms with van der Waals surface area (Å²) in [5.41, 5.74) is 0.611. The second kappa shape index (κ2) is 26.9. The molecular formula is C56H66ClF11N18O5. The number of ether oxygens (including phenoxy) is 2. The van der Waals surface area contributed by atoms with Crippen LogP contribution in [0.1, 0.15) is 48.5 Å². The first-order chi connectivity index (χ1) is 43.3. The van der Waals surface area contributed by atoms with Crippen molar-refractivity contribution in [3.8, 4) is 34.2 Å². The number of amides is 3. The van der Waals surface area contributed by atoms with Crippen LogP contribution in [-0.4, -0.2) is 166 Å². The minimum absolute atomic E-state index is 0. The number of alkyl halides is 9. The molecule has 0 spiro atoms. The fourth-order valence-electron chi connectivity index (χ4n) is 10.3. The number of carbonyl (C=O) groups is 3. The Balaban J connectivity index is 0.000000370. The minimum atomic E-state index is -4.53. The topological polar surface area (TPSA) is 296 Å². The van der Waals surface area contributed by atoms with Crippen LogP contribution in [0.2, 0.25) is 5.02 Å². The first kappa shape index (κ1) is 64.5. The number of anilines is 3. The smallest absolute Gasteiger partial charge is 0.381 e. The van der Waals surface area contributed by atoms with E-state index in [-0.39, 0.29) is 73.7 Å². The Kier molecular flexibility index (Phi) is 19.1. The number of hydrogen-bond donors (Lipinski definition) is 8. The highest BCUT2D eigenvalue weighted by atomic mass is 35.5. The zero-order valence-corrected chi connectivity index (χ0v) is 47.9. The lowest BCUT2D eigenvalue weighted by Crippen LogP contribution is -2.57. The van der Waals surface area contributed by atoms with Gasteiger partial charge in [0.25, 0.3) is 0 Å². The number of carbonyl (C=O) groups excluding carboxylic acids is 3. The van der Waals surface area contributed by atoms with Gasteiger partial charge in [0.05, 0.1) is 17.4 Å². The maximum atomic E-state index is 13.6. The maximum Gasteiger partial charge on any atom is 0.405 e. The summed E-state index contributed by atoms with van der Waals surface area (Å²) in [5.74, 6) is -1.42. The Hall–Kier alpha value is -9.44. The SMILES string of the molecule is O=C(NCC(F)(F)F)C1(Nc2ccnc(-c3c[nH]c4ncc(Cl)cc34)n2)CCOCC1.O=C(NCC(F)(F)F)C1(Nc2ccnc(-c3c[nH]c4ncc(F)cc34)n2)CCOCC1.O=C(NCC(F)(F)F)[C@H]1CCCN1c1ccnc(-c2c[nH]c3ncc(F)cc23)n1.[HH].[HH].[HH].[HH].[HH].[HH].[HH]. The van der Waals surface area contributed by atoms with Crippen molar-refractivity contribution in [3.05, 3.63) is 109 Å². The van der Waals surface area contributed by atoms with Crippen molar-refractivity contribution in [2.24, 2.45) is 0 Å². The third-order valence-corrected chi connectivity index (χ3v) is 14.9. The number of halogens is 12. The van der Waals surface area contributed by atoms with Gasteiger partial charge in [-0.2, -0.15) is 39.5 Å². The second-order valence-corrected chi connectivity index (χ2v) is 21.4. The molecule has 0 unspecified atom stereocenters. The van der Waals surface area contributed by atoms with Gasteiger partial charge in [0.15, 0.2) is 17.5 Å². The second-order valence-electron chi connectivity index (χ2n) is 20.9. The summed E-state index contributed by atoms with van der Waals surface area (Å²) in [6.45, 7) is -2.86. The lowest BCUT2D eigenvalue weighted by molar-refractivity contribution is -0.142. The van der Waals surface area contributed by atoms with Crippen molar-refractivity contribution in [2.45, 2.75) is 74.2 Å². The van der Waals surface area contributed by atoms with Crippen molar-refractivity contribution in [1.82, 2.24) is 75.8 Å². The number of pyridine rings is 3. The molecule has 3 aliphatic rings. The molecule has 0 aliphatic carbocycles. The highest BCUT2D eigenvalue weighted by molar-refractivity contribution is 6.31. The van der Waals surface area contributed by atoms with Gasteiger partial charge >= 0.3 is 18.5 Å². The monoisotopic (exact) mass is 1310 g/mol. The van der Waals surface area contributed by atoms with E-state index in [1.54, 1.807) is 41.7 Å². The van der Waals surface area contributed by atoms with Gasteiger partial charge in [-0.05, 0) is 49.2 Å². The number of rotatable bonds is 14. The number of H-pyrrole nitrogens is 3. The molecule has 494 valence electrons. The molecule has 23 nitrogen and oxygen atoms in total. The van der Waals surface area contributed by atoms with E-state index in [1.165, 1.54) is 43.0 Å². The van der Waals surface area contributed by atoms with Gasteiger partial charge in [0.1, 0.15) is 82.8 Å². The predicted octanol–water partition coefficient (Wildman–Crippen LogP) is 10.6. The van der Waals surface area contributed by atoms with Gasteiger partial charge in [0.2, 0.25) is 17.7 Å². The lowest BCUT2D eigenvalue weighted by atomic mass is 9.88. The number of aromatic amines is 3. The molecule has 3 saturated heterocycles. The average Bonchev–Trinajstić information content (AvgIpc) is 1.46. The van der Waals surface area contributed by atoms with Gasteiger partial charge in [-0.1, -0.05) is 11.6 Å². The van der Waals surface area contributed by atoms with Crippen molar-refractivity contribution in [1.29, 1.82) is 0 Å². The van der Waals surface area contributed by atoms with Crippen LogP contribution in [-0.2, 0) is 23.9 Å². The van der Waals surface area contributed by atoms with E-state index >= 15 is 0 Å². The van der Waals surface area contributed by atoms with Crippen molar-refractivity contribution in [3.63, 3.8) is 0 Å². The van der Waals surface area contributed by atoms with Gasteiger partial charge in [-0.25, -0.2) is 53.6 Å². The van der Waals surface area contributed by atoms with E-state index in [4.69, 9.17) is 21.1 Å². The predicted molar refractivity (Wildman–Crippen MR) is 321 cm³/mol. The van der Waals surface area contributed by atoms with E-state index < -0.39 is 84.6 Å². The number of nitrogens with zero attached hydrogens (tertiary/aromatic N) is 10. The molecule has 12 heterocycles. The summed E-state index contributed by atoms with van der Waals surface area (Å²) in [6, 6.07) is 8.23. The average molecular weight is 1320 g/mol. The highest BCUT2D eigenvalue weighted by Gasteiger charge is 2.44. The van der Waals surface area contributed by atoms with Crippen LogP contribution in [0.25, 0.3) is 67.3 Å². The van der Waals surface area contributed by atoms with Crippen LogP contribution in [0.4, 0.5) is 65.7 Å². The van der Waals surface area contributed by atoms with Crippen LogP contribution in [0.5, 0.6) is 0 Å². The lowest BCUT2D eigenvalue weighted by Gasteiger charge is -2.37. The van der Waals surface area contributed by atoms with E-state index in [9.17, 15) is 62.7 Å². The number of fused-ring (bicyclic) bond motifs is 3. The number of nitrogens with one attached hydrogen (secondary N) is 8. The molecule has 9 aromatic heterocycles. The Bertz CT molecular complexity index is 3920. The van der Waals surface area contributed by atoms with Gasteiger partial charge in [-0.15, -0.1) is 0 Å². The van der Waals surface area contributed by atoms with E-state index in [2.05, 4.69) is 70.4 Å². The quantitative estimate of drug-likeness (QED) is 0.0469. The van der Waals surface area contributed by atoms with Crippen molar-refractivity contribution < 1.29 is 82.1 Å². The number of hydrogen-bond acceptors (Lipinski definition) is 17. The fourth-order valence-corrected chi connectivity index (χ4v) is 10.5. The first-order valence-corrected chi connectivity index (χ1v) is 28.1. The molecular weight excluding hydrogens is 1250 g/mol. The zero-order valence-electron chi connectivity index (χ0n) is 47.2. The third kappa shape index (κ3) is 15.9. The largest absolute Gasteiger partial charge is 0.405 e. The Morgan fingerprint density at radius 1 is 0.571 bits per heavy atom. The molecule has 1 atom stereocenters. The van der Waals surface area contributed by atoms with E-state index in [0.29, 0.717) is 97.5 Å². The normalized spacial score (nSPS) is 16.5. The van der Waals surface area contributed by atoms with Crippen molar-refractivity contribution >= 4 is 79.9 Å². The third-order valence-electron chi connectivity index (χ3n) is 14.7. The van der Waals surface area contributed by atoms with Crippen LogP contribution < -0.4 is 31.5 Å². The van der Waals surface area contributed by atoms with E-state index in [1.807, 2.05) is 16.0 Å². The van der Waals surface area contributed by atoms with Gasteiger partial charge in [0, 0.05) is 145 Å². The molecule has 0 radical (unpaired) electrons. The molecule has 3 amide bonds. The molecule has 0 saturated carbocycles. The summed E-state index contributed by atoms with van der Waals surface area (Å²) in [7, 11) is 0. The molecule has 91 heavy (non-hydrogen) atoms. The van der Waals surface area contributed by atoms with Crippen LogP contribution >= 0.6 is 11.6 Å². The summed E-state index contributed by atoms with van der Waals surface area (Å²) in [5, 5.41) is 14.0. The van der Waals surface area contributed by atoms with Crippen LogP contribution in [0, 0.1) is 11.6 Å². The van der Waals surface area contributed by atoms with Gasteiger partial charge in [-0.3, -0.25) is 14.4 Å². The molecule has 3 fully saturated rings. The van der Waals surface area contributed by atoms with Crippen molar-refractivity contribution in [2.75, 3.05) is 68.1 Å². The van der Waals surface area contributed by atoms with Crippen LogP contribution in [0.15, 0.2) is 92.2 Å². The van der Waals surface area contributed by atoms with Gasteiger partial charge < -0.3 is 55.9 Å². The maximum absolute atomic E-state index is 13.6.